The van der Waals surface area contributed by atoms with Gasteiger partial charge in [0.2, 0.25) is 11.8 Å². The molecule has 5 nitrogen and oxygen atoms in total. The van der Waals surface area contributed by atoms with Gasteiger partial charge in [-0.1, -0.05) is 12.1 Å². The minimum atomic E-state index is 0.358. The lowest BCUT2D eigenvalue weighted by Gasteiger charge is -2.08. The van der Waals surface area contributed by atoms with Gasteiger partial charge in [-0.3, -0.25) is 0 Å². The highest BCUT2D eigenvalue weighted by Crippen LogP contribution is 2.29. The van der Waals surface area contributed by atoms with Gasteiger partial charge in [-0.25, -0.2) is 4.98 Å². The number of nitrogens with zero attached hydrogens (tertiary/aromatic N) is 3. The quantitative estimate of drug-likeness (QED) is 0.944. The van der Waals surface area contributed by atoms with Gasteiger partial charge in [0.25, 0.3) is 0 Å². The molecule has 1 N–H and O–H groups in total. The predicted molar refractivity (Wildman–Crippen MR) is 70.5 cm³/mol. The monoisotopic (exact) mass is 304 g/mol. The van der Waals surface area contributed by atoms with Crippen LogP contribution in [0.4, 0.5) is 5.95 Å². The third-order valence-corrected chi connectivity index (χ3v) is 2.69. The molecule has 0 bridgehead atoms. The van der Waals surface area contributed by atoms with E-state index in [-0.39, 0.29) is 0 Å². The third kappa shape index (κ3) is 2.57. The molecule has 0 unspecified atom stereocenters. The Balaban J connectivity index is 2.37. The van der Waals surface area contributed by atoms with E-state index < -0.39 is 0 Å². The molecule has 18 heavy (non-hydrogen) atoms. The number of nitriles is 1. The van der Waals surface area contributed by atoms with E-state index in [1.54, 1.807) is 37.5 Å². The normalized spacial score (nSPS) is 9.61. The lowest BCUT2D eigenvalue weighted by atomic mass is 10.2. The van der Waals surface area contributed by atoms with Crippen molar-refractivity contribution in [1.29, 1.82) is 5.26 Å². The van der Waals surface area contributed by atoms with E-state index in [1.165, 1.54) is 0 Å². The smallest absolute Gasteiger partial charge is 0.238 e. The first-order valence-electron chi connectivity index (χ1n) is 5.12. The lowest BCUT2D eigenvalue weighted by molar-refractivity contribution is 0.457. The Morgan fingerprint density at radius 1 is 1.39 bits per heavy atom. The molecule has 0 saturated heterocycles. The van der Waals surface area contributed by atoms with Gasteiger partial charge in [0.05, 0.1) is 16.2 Å². The SMILES string of the molecule is CNc1ncc(Br)c(Oc2ccccc2C#N)n1. The molecule has 1 aromatic carbocycles. The number of aromatic nitrogens is 2. The fraction of sp³-hybridized carbons (Fsp3) is 0.0833. The molecule has 0 spiro atoms. The predicted octanol–water partition coefficient (Wildman–Crippen LogP) is 2.94. The molecule has 90 valence electrons. The molecule has 0 radical (unpaired) electrons. The average Bonchev–Trinajstić information content (AvgIpc) is 2.42. The highest BCUT2D eigenvalue weighted by atomic mass is 79.9. The Bertz CT molecular complexity index is 609. The van der Waals surface area contributed by atoms with Gasteiger partial charge in [-0.05, 0) is 28.1 Å². The zero-order chi connectivity index (χ0) is 13.0. The fourth-order valence-electron chi connectivity index (χ4n) is 1.30. The summed E-state index contributed by atoms with van der Waals surface area (Å²) in [5.74, 6) is 1.26. The lowest BCUT2D eigenvalue weighted by Crippen LogP contribution is -1.99. The van der Waals surface area contributed by atoms with Crippen LogP contribution in [0.2, 0.25) is 0 Å². The fourth-order valence-corrected chi connectivity index (χ4v) is 1.57. The van der Waals surface area contributed by atoms with Gasteiger partial charge in [-0.2, -0.15) is 10.2 Å². The Morgan fingerprint density at radius 3 is 2.89 bits per heavy atom. The number of ether oxygens (including phenoxy) is 1. The summed E-state index contributed by atoms with van der Waals surface area (Å²) >= 11 is 3.30. The first-order valence-corrected chi connectivity index (χ1v) is 5.91. The van der Waals surface area contributed by atoms with Crippen LogP contribution >= 0.6 is 15.9 Å². The van der Waals surface area contributed by atoms with Crippen molar-refractivity contribution in [3.63, 3.8) is 0 Å². The number of benzene rings is 1. The topological polar surface area (TPSA) is 70.8 Å². The maximum Gasteiger partial charge on any atom is 0.238 e. The standard InChI is InChI=1S/C12H9BrN4O/c1-15-12-16-7-9(13)11(17-12)18-10-5-3-2-4-8(10)6-14/h2-5,7H,1H3,(H,15,16,17). The van der Waals surface area contributed by atoms with Crippen molar-refractivity contribution in [1.82, 2.24) is 9.97 Å². The van der Waals surface area contributed by atoms with E-state index in [0.29, 0.717) is 27.6 Å². The van der Waals surface area contributed by atoms with E-state index in [1.807, 2.05) is 0 Å². The zero-order valence-electron chi connectivity index (χ0n) is 9.51. The van der Waals surface area contributed by atoms with Gasteiger partial charge >= 0.3 is 0 Å². The molecule has 0 aliphatic heterocycles. The highest BCUT2D eigenvalue weighted by Gasteiger charge is 2.09. The Hall–Kier alpha value is -2.13. The first-order chi connectivity index (χ1) is 8.74. The molecule has 0 saturated carbocycles. The molecule has 6 heteroatoms. The second kappa shape index (κ2) is 5.47. The van der Waals surface area contributed by atoms with Crippen molar-refractivity contribution in [3.05, 3.63) is 40.5 Å². The molecule has 1 aromatic heterocycles. The summed E-state index contributed by atoms with van der Waals surface area (Å²) in [5.41, 5.74) is 0.453. The van der Waals surface area contributed by atoms with Crippen LogP contribution in [-0.2, 0) is 0 Å². The molecule has 0 atom stereocenters. The van der Waals surface area contributed by atoms with E-state index >= 15 is 0 Å². The Kier molecular flexibility index (Phi) is 3.75. The molecular weight excluding hydrogens is 296 g/mol. The van der Waals surface area contributed by atoms with Crippen LogP contribution in [0.15, 0.2) is 34.9 Å². The van der Waals surface area contributed by atoms with Crippen molar-refractivity contribution >= 4 is 21.9 Å². The molecule has 2 aromatic rings. The molecule has 0 aliphatic rings. The molecule has 0 amide bonds. The third-order valence-electron chi connectivity index (χ3n) is 2.15. The number of anilines is 1. The average molecular weight is 305 g/mol. The second-order valence-corrected chi connectivity index (χ2v) is 4.16. The van der Waals surface area contributed by atoms with Crippen LogP contribution in [0.1, 0.15) is 5.56 Å². The van der Waals surface area contributed by atoms with Crippen LogP contribution in [-0.4, -0.2) is 17.0 Å². The largest absolute Gasteiger partial charge is 0.436 e. The number of hydrogen-bond donors (Lipinski definition) is 1. The molecule has 0 aliphatic carbocycles. The first kappa shape index (κ1) is 12.3. The van der Waals surface area contributed by atoms with E-state index in [4.69, 9.17) is 10.00 Å². The van der Waals surface area contributed by atoms with Crippen LogP contribution in [0, 0.1) is 11.3 Å². The maximum absolute atomic E-state index is 8.98. The number of halogens is 1. The number of hydrogen-bond acceptors (Lipinski definition) is 5. The zero-order valence-corrected chi connectivity index (χ0v) is 11.1. The van der Waals surface area contributed by atoms with Crippen molar-refractivity contribution in [3.8, 4) is 17.7 Å². The summed E-state index contributed by atoms with van der Waals surface area (Å²) in [4.78, 5) is 8.19. The highest BCUT2D eigenvalue weighted by molar-refractivity contribution is 9.10. The van der Waals surface area contributed by atoms with Crippen molar-refractivity contribution in [2.75, 3.05) is 12.4 Å². The summed E-state index contributed by atoms with van der Waals surface area (Å²) < 4.78 is 6.23. The summed E-state index contributed by atoms with van der Waals surface area (Å²) in [7, 11) is 1.72. The number of para-hydroxylation sites is 1. The Labute approximate surface area is 113 Å². The van der Waals surface area contributed by atoms with E-state index in [2.05, 4.69) is 37.3 Å². The summed E-state index contributed by atoms with van der Waals surface area (Å²) in [6.07, 6.45) is 1.59. The molecular formula is C12H9BrN4O. The van der Waals surface area contributed by atoms with Gasteiger partial charge in [0, 0.05) is 7.05 Å². The van der Waals surface area contributed by atoms with Crippen LogP contribution in [0.3, 0.4) is 0 Å². The van der Waals surface area contributed by atoms with Gasteiger partial charge < -0.3 is 10.1 Å². The van der Waals surface area contributed by atoms with Crippen molar-refractivity contribution < 1.29 is 4.74 Å². The summed E-state index contributed by atoms with van der Waals surface area (Å²) in [6, 6.07) is 9.04. The maximum atomic E-state index is 8.98. The second-order valence-electron chi connectivity index (χ2n) is 3.31. The minimum absolute atomic E-state index is 0.358. The Morgan fingerprint density at radius 2 is 2.17 bits per heavy atom. The molecule has 2 rings (SSSR count). The van der Waals surface area contributed by atoms with Gasteiger partial charge in [0.1, 0.15) is 11.8 Å². The minimum Gasteiger partial charge on any atom is -0.436 e. The number of nitrogens with one attached hydrogen (secondary N) is 1. The van der Waals surface area contributed by atoms with Crippen LogP contribution in [0.25, 0.3) is 0 Å². The van der Waals surface area contributed by atoms with Gasteiger partial charge in [0.15, 0.2) is 0 Å². The van der Waals surface area contributed by atoms with Gasteiger partial charge in [-0.15, -0.1) is 0 Å². The van der Waals surface area contributed by atoms with Crippen molar-refractivity contribution in [2.45, 2.75) is 0 Å². The summed E-state index contributed by atoms with van der Waals surface area (Å²) in [6.45, 7) is 0. The number of rotatable bonds is 3. The molecule has 0 fully saturated rings. The van der Waals surface area contributed by atoms with E-state index in [0.717, 1.165) is 0 Å². The summed E-state index contributed by atoms with van der Waals surface area (Å²) in [5, 5.41) is 11.8. The van der Waals surface area contributed by atoms with Crippen molar-refractivity contribution in [2.24, 2.45) is 0 Å². The van der Waals surface area contributed by atoms with E-state index in [9.17, 15) is 0 Å². The van der Waals surface area contributed by atoms with Crippen LogP contribution < -0.4 is 10.1 Å². The molecule has 1 heterocycles. The van der Waals surface area contributed by atoms with Crippen LogP contribution in [0.5, 0.6) is 11.6 Å².